The van der Waals surface area contributed by atoms with Crippen molar-refractivity contribution in [3.63, 3.8) is 0 Å². The third-order valence-electron chi connectivity index (χ3n) is 4.69. The van der Waals surface area contributed by atoms with Crippen LogP contribution in [0.15, 0.2) is 33.5 Å². The van der Waals surface area contributed by atoms with Gasteiger partial charge in [0.05, 0.1) is 5.54 Å². The number of fused-ring (bicyclic) bond motifs is 2. The van der Waals surface area contributed by atoms with Crippen LogP contribution in [0, 0.1) is 0 Å². The maximum Gasteiger partial charge on any atom is 0.347 e. The lowest BCUT2D eigenvalue weighted by Gasteiger charge is -2.40. The fraction of sp³-hybridized carbons (Fsp3) is 0.368. The highest BCUT2D eigenvalue weighted by molar-refractivity contribution is 5.99. The zero-order valence-corrected chi connectivity index (χ0v) is 14.2. The molecule has 23 heavy (non-hydrogen) atoms. The van der Waals surface area contributed by atoms with Crippen LogP contribution in [0.4, 0.5) is 5.69 Å². The van der Waals surface area contributed by atoms with E-state index < -0.39 is 5.63 Å². The number of carbonyl (C=O) groups excluding carboxylic acids is 1. The number of anilines is 1. The van der Waals surface area contributed by atoms with Crippen molar-refractivity contribution >= 4 is 28.0 Å². The summed E-state index contributed by atoms with van der Waals surface area (Å²) in [6, 6.07) is 5.54. The van der Waals surface area contributed by atoms with Crippen molar-refractivity contribution < 1.29 is 9.21 Å². The number of hydrogen-bond acceptors (Lipinski definition) is 4. The standard InChI is InChI=1S/C19H21NO3/c1-6-16(21)14-8-12-7-13-11(2)10-19(3,4)20(5)15(13)9-17(12)23-18(14)22/h7-10H,6H2,1-5H3. The molecule has 1 aromatic carbocycles. The van der Waals surface area contributed by atoms with E-state index in [1.54, 1.807) is 13.0 Å². The van der Waals surface area contributed by atoms with Crippen molar-refractivity contribution in [2.75, 3.05) is 11.9 Å². The Morgan fingerprint density at radius 3 is 2.61 bits per heavy atom. The Morgan fingerprint density at radius 2 is 1.96 bits per heavy atom. The summed E-state index contributed by atoms with van der Waals surface area (Å²) >= 11 is 0. The average Bonchev–Trinajstić information content (AvgIpc) is 2.49. The highest BCUT2D eigenvalue weighted by atomic mass is 16.4. The van der Waals surface area contributed by atoms with Gasteiger partial charge in [-0.15, -0.1) is 0 Å². The normalized spacial score (nSPS) is 16.2. The fourth-order valence-electron chi connectivity index (χ4n) is 3.15. The number of nitrogens with zero attached hydrogens (tertiary/aromatic N) is 1. The van der Waals surface area contributed by atoms with E-state index >= 15 is 0 Å². The first-order valence-corrected chi connectivity index (χ1v) is 7.83. The van der Waals surface area contributed by atoms with Gasteiger partial charge in [-0.05, 0) is 38.5 Å². The minimum absolute atomic E-state index is 0.108. The van der Waals surface area contributed by atoms with E-state index in [4.69, 9.17) is 4.42 Å². The highest BCUT2D eigenvalue weighted by Gasteiger charge is 2.29. The van der Waals surface area contributed by atoms with E-state index in [2.05, 4.69) is 31.7 Å². The summed E-state index contributed by atoms with van der Waals surface area (Å²) in [5.41, 5.74) is 3.28. The molecule has 0 saturated heterocycles. The van der Waals surface area contributed by atoms with Gasteiger partial charge in [0, 0.05) is 36.2 Å². The summed E-state index contributed by atoms with van der Waals surface area (Å²) in [5, 5.41) is 0.779. The lowest BCUT2D eigenvalue weighted by atomic mass is 9.88. The lowest BCUT2D eigenvalue weighted by Crippen LogP contribution is -2.42. The monoisotopic (exact) mass is 311 g/mol. The molecular weight excluding hydrogens is 290 g/mol. The van der Waals surface area contributed by atoms with Crippen molar-refractivity contribution in [2.24, 2.45) is 0 Å². The summed E-state index contributed by atoms with van der Waals surface area (Å²) in [6.45, 7) is 8.10. The van der Waals surface area contributed by atoms with Crippen LogP contribution in [-0.4, -0.2) is 18.4 Å². The zero-order chi connectivity index (χ0) is 16.9. The molecule has 0 radical (unpaired) electrons. The Hall–Kier alpha value is -2.36. The largest absolute Gasteiger partial charge is 0.422 e. The third-order valence-corrected chi connectivity index (χ3v) is 4.69. The first-order chi connectivity index (χ1) is 10.7. The van der Waals surface area contributed by atoms with Gasteiger partial charge >= 0.3 is 5.63 Å². The minimum Gasteiger partial charge on any atom is -0.422 e. The number of Topliss-reactive ketones (excluding diaryl/α,β-unsaturated/α-hetero) is 1. The molecule has 4 nitrogen and oxygen atoms in total. The van der Waals surface area contributed by atoms with Crippen LogP contribution in [0.3, 0.4) is 0 Å². The van der Waals surface area contributed by atoms with Crippen LogP contribution in [0.2, 0.25) is 0 Å². The van der Waals surface area contributed by atoms with Gasteiger partial charge in [0.25, 0.3) is 0 Å². The second-order valence-corrected chi connectivity index (χ2v) is 6.67. The summed E-state index contributed by atoms with van der Waals surface area (Å²) < 4.78 is 5.41. The van der Waals surface area contributed by atoms with Crippen LogP contribution in [0.5, 0.6) is 0 Å². The molecule has 0 fully saturated rings. The molecule has 0 bridgehead atoms. The molecule has 0 N–H and O–H groups in total. The Balaban J connectivity index is 2.29. The van der Waals surface area contributed by atoms with E-state index in [-0.39, 0.29) is 23.3 Å². The molecule has 4 heteroatoms. The number of carbonyl (C=O) groups is 1. The molecular formula is C19H21NO3. The van der Waals surface area contributed by atoms with E-state index in [0.717, 1.165) is 16.6 Å². The number of hydrogen-bond donors (Lipinski definition) is 0. The Labute approximate surface area is 135 Å². The molecule has 1 aliphatic rings. The van der Waals surface area contributed by atoms with Crippen LogP contribution in [0.25, 0.3) is 16.5 Å². The van der Waals surface area contributed by atoms with Crippen molar-refractivity contribution in [1.82, 2.24) is 0 Å². The van der Waals surface area contributed by atoms with Gasteiger partial charge in [0.1, 0.15) is 11.1 Å². The quantitative estimate of drug-likeness (QED) is 0.621. The molecule has 2 heterocycles. The number of allylic oxidation sites excluding steroid dienone is 1. The van der Waals surface area contributed by atoms with Crippen molar-refractivity contribution in [3.05, 3.63) is 45.8 Å². The van der Waals surface area contributed by atoms with E-state index in [1.165, 1.54) is 5.57 Å². The van der Waals surface area contributed by atoms with Gasteiger partial charge in [-0.2, -0.15) is 0 Å². The molecule has 1 aromatic heterocycles. The smallest absolute Gasteiger partial charge is 0.347 e. The first-order valence-electron chi connectivity index (χ1n) is 7.83. The highest BCUT2D eigenvalue weighted by Crippen LogP contribution is 2.39. The van der Waals surface area contributed by atoms with E-state index in [1.807, 2.05) is 19.2 Å². The maximum absolute atomic E-state index is 12.1. The van der Waals surface area contributed by atoms with Gasteiger partial charge in [-0.1, -0.05) is 13.0 Å². The Morgan fingerprint density at radius 1 is 1.26 bits per heavy atom. The van der Waals surface area contributed by atoms with Crippen molar-refractivity contribution in [1.29, 1.82) is 0 Å². The van der Waals surface area contributed by atoms with Crippen LogP contribution < -0.4 is 10.5 Å². The molecule has 1 aliphatic heterocycles. The fourth-order valence-corrected chi connectivity index (χ4v) is 3.15. The second-order valence-electron chi connectivity index (χ2n) is 6.67. The maximum atomic E-state index is 12.1. The van der Waals surface area contributed by atoms with Gasteiger partial charge in [0.2, 0.25) is 0 Å². The molecule has 120 valence electrons. The third kappa shape index (κ3) is 2.38. The van der Waals surface area contributed by atoms with Crippen LogP contribution in [0.1, 0.15) is 50.0 Å². The SMILES string of the molecule is CCC(=O)c1cc2cc3c(cc2oc1=O)N(C)C(C)(C)C=C3C. The summed E-state index contributed by atoms with van der Waals surface area (Å²) in [5.74, 6) is -0.191. The molecule has 0 spiro atoms. The van der Waals surface area contributed by atoms with Crippen LogP contribution in [-0.2, 0) is 0 Å². The van der Waals surface area contributed by atoms with Crippen molar-refractivity contribution in [3.8, 4) is 0 Å². The number of benzene rings is 1. The molecule has 2 aromatic rings. The molecule has 0 atom stereocenters. The summed E-state index contributed by atoms with van der Waals surface area (Å²) in [4.78, 5) is 26.1. The average molecular weight is 311 g/mol. The second kappa shape index (κ2) is 5.08. The zero-order valence-electron chi connectivity index (χ0n) is 14.2. The Bertz CT molecular complexity index is 903. The molecule has 0 aliphatic carbocycles. The predicted octanol–water partition coefficient (Wildman–Crippen LogP) is 4.02. The van der Waals surface area contributed by atoms with Gasteiger partial charge in [0.15, 0.2) is 5.78 Å². The van der Waals surface area contributed by atoms with E-state index in [0.29, 0.717) is 5.58 Å². The lowest BCUT2D eigenvalue weighted by molar-refractivity contribution is 0.0985. The molecule has 0 saturated carbocycles. The van der Waals surface area contributed by atoms with Gasteiger partial charge < -0.3 is 9.32 Å². The summed E-state index contributed by atoms with van der Waals surface area (Å²) in [7, 11) is 2.03. The van der Waals surface area contributed by atoms with Crippen molar-refractivity contribution in [2.45, 2.75) is 39.7 Å². The number of ketones is 1. The number of rotatable bonds is 2. The van der Waals surface area contributed by atoms with Gasteiger partial charge in [-0.25, -0.2) is 4.79 Å². The van der Waals surface area contributed by atoms with E-state index in [9.17, 15) is 9.59 Å². The molecule has 0 unspecified atom stereocenters. The number of likely N-dealkylation sites (N-methyl/N-ethyl adjacent to an activating group) is 1. The predicted molar refractivity (Wildman–Crippen MR) is 93.2 cm³/mol. The topological polar surface area (TPSA) is 50.5 Å². The van der Waals surface area contributed by atoms with Gasteiger partial charge in [-0.3, -0.25) is 4.79 Å². The molecule has 0 amide bonds. The minimum atomic E-state index is -0.561. The Kier molecular flexibility index (Phi) is 3.43. The van der Waals surface area contributed by atoms with Crippen LogP contribution >= 0.6 is 0 Å². The molecule has 3 rings (SSSR count). The first kappa shape index (κ1) is 15.5. The summed E-state index contributed by atoms with van der Waals surface area (Å²) in [6.07, 6.45) is 2.51.